The van der Waals surface area contributed by atoms with Crippen molar-refractivity contribution in [2.24, 2.45) is 0 Å². The van der Waals surface area contributed by atoms with E-state index >= 15 is 0 Å². The Bertz CT molecular complexity index is 1010. The summed E-state index contributed by atoms with van der Waals surface area (Å²) >= 11 is 6.12. The Morgan fingerprint density at radius 1 is 1.15 bits per heavy atom. The van der Waals surface area contributed by atoms with Crippen molar-refractivity contribution in [2.75, 3.05) is 13.7 Å². The Balaban J connectivity index is 2.04. The fraction of sp³-hybridized carbons (Fsp3) is 0.158. The minimum Gasteiger partial charge on any atom is -0.481 e. The molecule has 140 valence electrons. The second kappa shape index (κ2) is 7.44. The lowest BCUT2D eigenvalue weighted by Gasteiger charge is -2.15. The zero-order chi connectivity index (χ0) is 19.6. The molecule has 3 rings (SSSR count). The van der Waals surface area contributed by atoms with Crippen molar-refractivity contribution in [3.05, 3.63) is 59.1 Å². The molecule has 0 aliphatic heterocycles. The number of carbonyl (C=O) groups is 1. The maximum atomic E-state index is 13.4. The van der Waals surface area contributed by atoms with E-state index in [0.29, 0.717) is 16.2 Å². The number of halogens is 4. The second-order valence-electron chi connectivity index (χ2n) is 5.58. The maximum absolute atomic E-state index is 13.4. The van der Waals surface area contributed by atoms with Gasteiger partial charge in [-0.1, -0.05) is 29.8 Å². The molecule has 0 saturated heterocycles. The molecule has 0 aliphatic carbocycles. The number of aromatic nitrogens is 1. The highest BCUT2D eigenvalue weighted by molar-refractivity contribution is 6.35. The van der Waals surface area contributed by atoms with Crippen LogP contribution in [-0.4, -0.2) is 24.7 Å². The monoisotopic (exact) mass is 395 g/mol. The van der Waals surface area contributed by atoms with Gasteiger partial charge in [0.1, 0.15) is 5.75 Å². The van der Waals surface area contributed by atoms with Gasteiger partial charge in [0, 0.05) is 10.9 Å². The summed E-state index contributed by atoms with van der Waals surface area (Å²) in [6, 6.07) is 12.1. The first-order valence-electron chi connectivity index (χ1n) is 7.76. The fourth-order valence-corrected chi connectivity index (χ4v) is 2.73. The summed E-state index contributed by atoms with van der Waals surface area (Å²) in [6.45, 7) is -0.622. The molecule has 3 aromatic rings. The molecule has 0 atom stereocenters. The SMILES string of the molecule is COC(=O)COc1ccc(-c2ccc3cccc(Cl)c3n2)cc1C(F)(F)F. The van der Waals surface area contributed by atoms with Gasteiger partial charge < -0.3 is 9.47 Å². The van der Waals surface area contributed by atoms with Crippen LogP contribution in [0.2, 0.25) is 5.02 Å². The Labute approximate surface area is 157 Å². The molecule has 0 radical (unpaired) electrons. The molecule has 0 aliphatic rings. The number of pyridine rings is 1. The molecule has 0 fully saturated rings. The third-order valence-electron chi connectivity index (χ3n) is 3.82. The van der Waals surface area contributed by atoms with Crippen molar-refractivity contribution in [1.29, 1.82) is 0 Å². The number of nitrogens with zero attached hydrogens (tertiary/aromatic N) is 1. The Kier molecular flexibility index (Phi) is 5.23. The topological polar surface area (TPSA) is 48.4 Å². The summed E-state index contributed by atoms with van der Waals surface area (Å²) in [5.74, 6) is -1.24. The molecule has 1 aromatic heterocycles. The van der Waals surface area contributed by atoms with Crippen molar-refractivity contribution >= 4 is 28.5 Å². The number of esters is 1. The van der Waals surface area contributed by atoms with Crippen LogP contribution in [0.1, 0.15) is 5.56 Å². The van der Waals surface area contributed by atoms with Gasteiger partial charge in [0.15, 0.2) is 6.61 Å². The molecule has 8 heteroatoms. The first-order chi connectivity index (χ1) is 12.8. The lowest BCUT2D eigenvalue weighted by atomic mass is 10.0. The van der Waals surface area contributed by atoms with E-state index in [9.17, 15) is 18.0 Å². The fourth-order valence-electron chi connectivity index (χ4n) is 2.50. The number of hydrogen-bond acceptors (Lipinski definition) is 4. The summed E-state index contributed by atoms with van der Waals surface area (Å²) in [7, 11) is 1.12. The van der Waals surface area contributed by atoms with E-state index in [0.717, 1.165) is 24.6 Å². The average Bonchev–Trinajstić information content (AvgIpc) is 2.65. The number of benzene rings is 2. The minimum absolute atomic E-state index is 0.245. The van der Waals surface area contributed by atoms with E-state index < -0.39 is 30.1 Å². The third kappa shape index (κ3) is 4.14. The highest BCUT2D eigenvalue weighted by Crippen LogP contribution is 2.39. The molecule has 0 spiro atoms. The molecule has 2 aromatic carbocycles. The van der Waals surface area contributed by atoms with Gasteiger partial charge in [0.05, 0.1) is 28.9 Å². The molecule has 1 heterocycles. The molecule has 0 saturated carbocycles. The van der Waals surface area contributed by atoms with E-state index in [4.69, 9.17) is 16.3 Å². The molecule has 0 amide bonds. The molecular weight excluding hydrogens is 383 g/mol. The summed E-state index contributed by atoms with van der Waals surface area (Å²) < 4.78 is 49.6. The molecule has 0 unspecified atom stereocenters. The zero-order valence-electron chi connectivity index (χ0n) is 14.0. The van der Waals surface area contributed by atoms with Gasteiger partial charge in [0.2, 0.25) is 0 Å². The first kappa shape index (κ1) is 19.0. The van der Waals surface area contributed by atoms with Crippen molar-refractivity contribution in [3.63, 3.8) is 0 Å². The van der Waals surface area contributed by atoms with Gasteiger partial charge in [-0.05, 0) is 30.3 Å². The summed E-state index contributed by atoms with van der Waals surface area (Å²) in [5, 5.41) is 1.18. The molecular formula is C19H13ClF3NO3. The Morgan fingerprint density at radius 3 is 2.63 bits per heavy atom. The lowest BCUT2D eigenvalue weighted by molar-refractivity contribution is -0.145. The molecule has 0 N–H and O–H groups in total. The lowest BCUT2D eigenvalue weighted by Crippen LogP contribution is -2.15. The number of para-hydroxylation sites is 1. The largest absolute Gasteiger partial charge is 0.481 e. The highest BCUT2D eigenvalue weighted by atomic mass is 35.5. The molecule has 27 heavy (non-hydrogen) atoms. The predicted octanol–water partition coefficient (Wildman–Crippen LogP) is 5.13. The van der Waals surface area contributed by atoms with Crippen LogP contribution in [0.3, 0.4) is 0 Å². The third-order valence-corrected chi connectivity index (χ3v) is 4.13. The van der Waals surface area contributed by atoms with E-state index in [1.165, 1.54) is 6.07 Å². The minimum atomic E-state index is -4.67. The summed E-state index contributed by atoms with van der Waals surface area (Å²) in [6.07, 6.45) is -4.67. The van der Waals surface area contributed by atoms with Gasteiger partial charge in [-0.2, -0.15) is 13.2 Å². The van der Waals surface area contributed by atoms with Crippen LogP contribution < -0.4 is 4.74 Å². The second-order valence-corrected chi connectivity index (χ2v) is 5.99. The van der Waals surface area contributed by atoms with E-state index in [-0.39, 0.29) is 5.56 Å². The average molecular weight is 396 g/mol. The zero-order valence-corrected chi connectivity index (χ0v) is 14.8. The van der Waals surface area contributed by atoms with Crippen LogP contribution in [0.5, 0.6) is 5.75 Å². The number of rotatable bonds is 4. The quantitative estimate of drug-likeness (QED) is 0.575. The number of alkyl halides is 3. The Morgan fingerprint density at radius 2 is 1.93 bits per heavy atom. The van der Waals surface area contributed by atoms with E-state index in [1.54, 1.807) is 24.3 Å². The van der Waals surface area contributed by atoms with Crippen molar-refractivity contribution in [3.8, 4) is 17.0 Å². The highest BCUT2D eigenvalue weighted by Gasteiger charge is 2.35. The van der Waals surface area contributed by atoms with E-state index in [2.05, 4.69) is 9.72 Å². The summed E-state index contributed by atoms with van der Waals surface area (Å²) in [5.41, 5.74) is 0.0661. The van der Waals surface area contributed by atoms with Gasteiger partial charge in [-0.25, -0.2) is 9.78 Å². The predicted molar refractivity (Wildman–Crippen MR) is 94.7 cm³/mol. The molecule has 0 bridgehead atoms. The van der Waals surface area contributed by atoms with Crippen LogP contribution in [0.4, 0.5) is 13.2 Å². The van der Waals surface area contributed by atoms with Gasteiger partial charge in [-0.15, -0.1) is 0 Å². The number of hydrogen-bond donors (Lipinski definition) is 0. The number of carbonyl (C=O) groups excluding carboxylic acids is 1. The van der Waals surface area contributed by atoms with Crippen LogP contribution in [0.25, 0.3) is 22.2 Å². The van der Waals surface area contributed by atoms with Gasteiger partial charge in [-0.3, -0.25) is 0 Å². The number of fused-ring (bicyclic) bond motifs is 1. The van der Waals surface area contributed by atoms with Crippen LogP contribution in [-0.2, 0) is 15.7 Å². The van der Waals surface area contributed by atoms with Crippen LogP contribution in [0.15, 0.2) is 48.5 Å². The Hall–Kier alpha value is -2.80. The van der Waals surface area contributed by atoms with Gasteiger partial charge in [0.25, 0.3) is 0 Å². The molecule has 4 nitrogen and oxygen atoms in total. The van der Waals surface area contributed by atoms with Crippen LogP contribution >= 0.6 is 11.6 Å². The number of ether oxygens (including phenoxy) is 2. The first-order valence-corrected chi connectivity index (χ1v) is 8.14. The normalized spacial score (nSPS) is 11.4. The van der Waals surface area contributed by atoms with Gasteiger partial charge >= 0.3 is 12.1 Å². The van der Waals surface area contributed by atoms with Crippen molar-refractivity contribution in [2.45, 2.75) is 6.18 Å². The van der Waals surface area contributed by atoms with Crippen molar-refractivity contribution < 1.29 is 27.4 Å². The maximum Gasteiger partial charge on any atom is 0.419 e. The van der Waals surface area contributed by atoms with E-state index in [1.807, 2.05) is 6.07 Å². The smallest absolute Gasteiger partial charge is 0.419 e. The standard InChI is InChI=1S/C19H13ClF3NO3/c1-26-17(25)10-27-16-8-6-12(9-13(16)19(21,22)23)15-7-5-11-3-2-4-14(20)18(11)24-15/h2-9H,10H2,1H3. The number of methoxy groups -OCH3 is 1. The summed E-state index contributed by atoms with van der Waals surface area (Å²) in [4.78, 5) is 15.5. The van der Waals surface area contributed by atoms with Crippen LogP contribution in [0, 0.1) is 0 Å². The van der Waals surface area contributed by atoms with Crippen molar-refractivity contribution in [1.82, 2.24) is 4.98 Å².